The van der Waals surface area contributed by atoms with Gasteiger partial charge in [0.1, 0.15) is 5.69 Å². The maximum Gasteiger partial charge on any atom is 0.270 e. The number of nitrogens with one attached hydrogen (secondary N) is 1. The fourth-order valence-electron chi connectivity index (χ4n) is 3.56. The third-order valence-electron chi connectivity index (χ3n) is 4.69. The van der Waals surface area contributed by atoms with Crippen LogP contribution in [0.15, 0.2) is 18.3 Å². The number of carbonyl (C=O) groups is 1. The second-order valence-electron chi connectivity index (χ2n) is 6.02. The van der Waals surface area contributed by atoms with Crippen molar-refractivity contribution in [3.8, 4) is 0 Å². The smallest absolute Gasteiger partial charge is 0.270 e. The molecule has 20 heavy (non-hydrogen) atoms. The molecule has 1 aromatic rings. The van der Waals surface area contributed by atoms with Crippen molar-refractivity contribution < 1.29 is 4.79 Å². The lowest BCUT2D eigenvalue weighted by Gasteiger charge is -2.47. The summed E-state index contributed by atoms with van der Waals surface area (Å²) in [6.07, 6.45) is 7.47. The molecule has 3 heterocycles. The molecule has 3 N–H and O–H groups in total. The summed E-state index contributed by atoms with van der Waals surface area (Å²) in [7, 11) is 2.21. The van der Waals surface area contributed by atoms with Crippen molar-refractivity contribution in [1.82, 2.24) is 15.2 Å². The van der Waals surface area contributed by atoms with E-state index in [1.165, 1.54) is 19.3 Å². The van der Waals surface area contributed by atoms with Crippen LogP contribution in [0.3, 0.4) is 0 Å². The monoisotopic (exact) mass is 274 g/mol. The van der Waals surface area contributed by atoms with E-state index in [-0.39, 0.29) is 11.9 Å². The molecule has 0 radical (unpaired) electrons. The molecule has 3 rings (SSSR count). The molecule has 1 aromatic heterocycles. The van der Waals surface area contributed by atoms with Crippen LogP contribution in [0.5, 0.6) is 0 Å². The second kappa shape index (κ2) is 5.40. The number of fused-ring (bicyclic) bond motifs is 2. The van der Waals surface area contributed by atoms with Gasteiger partial charge in [0.2, 0.25) is 0 Å². The van der Waals surface area contributed by atoms with Crippen molar-refractivity contribution in [2.24, 2.45) is 0 Å². The fourth-order valence-corrected chi connectivity index (χ4v) is 3.56. The van der Waals surface area contributed by atoms with E-state index >= 15 is 0 Å². The molecule has 2 fully saturated rings. The van der Waals surface area contributed by atoms with Crippen LogP contribution >= 0.6 is 0 Å². The van der Waals surface area contributed by atoms with E-state index in [9.17, 15) is 4.79 Å². The number of hydrogen-bond donors (Lipinski definition) is 2. The number of rotatable bonds is 2. The molecule has 0 aliphatic carbocycles. The maximum absolute atomic E-state index is 12.2. The Balaban J connectivity index is 1.65. The van der Waals surface area contributed by atoms with Gasteiger partial charge < -0.3 is 16.0 Å². The topological polar surface area (TPSA) is 71.2 Å². The van der Waals surface area contributed by atoms with E-state index in [0.717, 1.165) is 12.8 Å². The van der Waals surface area contributed by atoms with Gasteiger partial charge in [-0.15, -0.1) is 0 Å². The Hall–Kier alpha value is -1.62. The van der Waals surface area contributed by atoms with Crippen LogP contribution in [-0.2, 0) is 0 Å². The highest BCUT2D eigenvalue weighted by molar-refractivity contribution is 5.93. The Morgan fingerprint density at radius 2 is 2.10 bits per heavy atom. The second-order valence-corrected chi connectivity index (χ2v) is 6.02. The molecule has 0 spiro atoms. The summed E-state index contributed by atoms with van der Waals surface area (Å²) < 4.78 is 0. The van der Waals surface area contributed by atoms with E-state index in [1.54, 1.807) is 18.3 Å². The minimum atomic E-state index is -0.107. The Kier molecular flexibility index (Phi) is 3.61. The summed E-state index contributed by atoms with van der Waals surface area (Å²) in [4.78, 5) is 18.8. The zero-order valence-electron chi connectivity index (χ0n) is 11.9. The fraction of sp³-hybridized carbons (Fsp3) is 0.600. The van der Waals surface area contributed by atoms with Gasteiger partial charge in [-0.1, -0.05) is 6.42 Å². The Morgan fingerprint density at radius 1 is 1.40 bits per heavy atom. The van der Waals surface area contributed by atoms with Gasteiger partial charge in [0.25, 0.3) is 5.91 Å². The molecule has 1 amide bonds. The highest BCUT2D eigenvalue weighted by Crippen LogP contribution is 2.32. The molecule has 5 nitrogen and oxygen atoms in total. The third-order valence-corrected chi connectivity index (χ3v) is 4.69. The van der Waals surface area contributed by atoms with Crippen molar-refractivity contribution in [2.75, 3.05) is 12.8 Å². The number of nitrogen functional groups attached to an aromatic ring is 1. The lowest BCUT2D eigenvalue weighted by Crippen LogP contribution is -2.55. The third kappa shape index (κ3) is 2.63. The predicted molar refractivity (Wildman–Crippen MR) is 78.3 cm³/mol. The van der Waals surface area contributed by atoms with Crippen LogP contribution in [0.25, 0.3) is 0 Å². The predicted octanol–water partition coefficient (Wildman–Crippen LogP) is 1.41. The molecular formula is C15H22N4O. The normalized spacial score (nSPS) is 29.9. The first-order valence-electron chi connectivity index (χ1n) is 7.38. The van der Waals surface area contributed by atoms with Crippen LogP contribution in [0.2, 0.25) is 0 Å². The molecule has 2 aliphatic rings. The van der Waals surface area contributed by atoms with Crippen LogP contribution in [0.1, 0.15) is 42.6 Å². The highest BCUT2D eigenvalue weighted by atomic mass is 16.1. The highest BCUT2D eigenvalue weighted by Gasteiger charge is 2.36. The number of amides is 1. The van der Waals surface area contributed by atoms with E-state index in [0.29, 0.717) is 23.5 Å². The van der Waals surface area contributed by atoms with Crippen molar-refractivity contribution in [2.45, 2.75) is 50.2 Å². The first kappa shape index (κ1) is 13.4. The molecular weight excluding hydrogens is 252 g/mol. The molecule has 108 valence electrons. The van der Waals surface area contributed by atoms with Crippen LogP contribution in [-0.4, -0.2) is 41.0 Å². The van der Waals surface area contributed by atoms with Crippen LogP contribution in [0, 0.1) is 0 Å². The van der Waals surface area contributed by atoms with Gasteiger partial charge in [-0.25, -0.2) is 0 Å². The van der Waals surface area contributed by atoms with Crippen molar-refractivity contribution in [3.63, 3.8) is 0 Å². The number of nitrogens with zero attached hydrogens (tertiary/aromatic N) is 2. The number of piperidine rings is 2. The van der Waals surface area contributed by atoms with Crippen LogP contribution < -0.4 is 11.1 Å². The number of carbonyl (C=O) groups excluding carboxylic acids is 1. The lowest BCUT2D eigenvalue weighted by molar-refractivity contribution is 0.0462. The standard InChI is InChI=1S/C15H22N4O/c1-19-12-3-2-4-13(19)9-11(8-12)18-15(20)14-7-10(16)5-6-17-14/h5-7,11-13H,2-4,8-9H2,1H3,(H2,16,17)(H,18,20). The van der Waals surface area contributed by atoms with Gasteiger partial charge in [-0.05, 0) is 44.9 Å². The maximum atomic E-state index is 12.2. The number of pyridine rings is 1. The zero-order valence-corrected chi connectivity index (χ0v) is 11.9. The molecule has 2 aliphatic heterocycles. The van der Waals surface area contributed by atoms with Gasteiger partial charge >= 0.3 is 0 Å². The number of anilines is 1. The SMILES string of the molecule is CN1C2CCCC1CC(NC(=O)c1cc(N)ccn1)C2. The summed E-state index contributed by atoms with van der Waals surface area (Å²) in [5.41, 5.74) is 6.68. The summed E-state index contributed by atoms with van der Waals surface area (Å²) in [5, 5.41) is 3.13. The average molecular weight is 274 g/mol. The van der Waals surface area contributed by atoms with E-state index in [4.69, 9.17) is 5.73 Å². The van der Waals surface area contributed by atoms with Gasteiger partial charge in [0, 0.05) is 30.0 Å². The van der Waals surface area contributed by atoms with Gasteiger partial charge in [0.15, 0.2) is 0 Å². The zero-order chi connectivity index (χ0) is 14.1. The Morgan fingerprint density at radius 3 is 2.75 bits per heavy atom. The quantitative estimate of drug-likeness (QED) is 0.855. The molecule has 2 atom stereocenters. The summed E-state index contributed by atoms with van der Waals surface area (Å²) in [6, 6.07) is 4.81. The summed E-state index contributed by atoms with van der Waals surface area (Å²) in [5.74, 6) is -0.107. The molecule has 0 saturated carbocycles. The number of aromatic nitrogens is 1. The minimum Gasteiger partial charge on any atom is -0.399 e. The first-order valence-corrected chi connectivity index (χ1v) is 7.38. The van der Waals surface area contributed by atoms with Crippen LogP contribution in [0.4, 0.5) is 5.69 Å². The molecule has 0 aromatic carbocycles. The van der Waals surface area contributed by atoms with E-state index in [1.807, 2.05) is 0 Å². The van der Waals surface area contributed by atoms with Gasteiger partial charge in [-0.3, -0.25) is 9.78 Å². The summed E-state index contributed by atoms with van der Waals surface area (Å²) in [6.45, 7) is 0. The first-order chi connectivity index (χ1) is 9.63. The molecule has 5 heteroatoms. The lowest BCUT2D eigenvalue weighted by atomic mass is 9.82. The number of nitrogens with two attached hydrogens (primary N) is 1. The number of hydrogen-bond acceptors (Lipinski definition) is 4. The molecule has 2 bridgehead atoms. The van der Waals surface area contributed by atoms with E-state index < -0.39 is 0 Å². The Bertz CT molecular complexity index is 490. The van der Waals surface area contributed by atoms with Gasteiger partial charge in [0.05, 0.1) is 0 Å². The Labute approximate surface area is 119 Å². The summed E-state index contributed by atoms with van der Waals surface area (Å²) >= 11 is 0. The van der Waals surface area contributed by atoms with Gasteiger partial charge in [-0.2, -0.15) is 0 Å². The van der Waals surface area contributed by atoms with E-state index in [2.05, 4.69) is 22.2 Å². The van der Waals surface area contributed by atoms with Crippen molar-refractivity contribution >= 4 is 11.6 Å². The average Bonchev–Trinajstić information content (AvgIpc) is 2.40. The van der Waals surface area contributed by atoms with Crippen molar-refractivity contribution in [3.05, 3.63) is 24.0 Å². The minimum absolute atomic E-state index is 0.107. The molecule has 2 saturated heterocycles. The van der Waals surface area contributed by atoms with Crippen molar-refractivity contribution in [1.29, 1.82) is 0 Å². The largest absolute Gasteiger partial charge is 0.399 e. The molecule has 2 unspecified atom stereocenters.